The van der Waals surface area contributed by atoms with E-state index in [1.807, 2.05) is 6.92 Å². The first-order chi connectivity index (χ1) is 12.8. The number of amides is 1. The van der Waals surface area contributed by atoms with Gasteiger partial charge < -0.3 is 26.6 Å². The van der Waals surface area contributed by atoms with Crippen LogP contribution in [0.5, 0.6) is 0 Å². The van der Waals surface area contributed by atoms with Crippen molar-refractivity contribution in [2.24, 2.45) is 11.1 Å². The molecular weight excluding hydrogens is 412 g/mol. The van der Waals surface area contributed by atoms with E-state index in [1.54, 1.807) is 6.92 Å². The Balaban J connectivity index is 4.96. The van der Waals surface area contributed by atoms with Crippen LogP contribution in [0.2, 0.25) is 0 Å². The van der Waals surface area contributed by atoms with Crippen LogP contribution in [-0.2, 0) is 24.4 Å². The highest BCUT2D eigenvalue weighted by molar-refractivity contribution is 7.89. The van der Waals surface area contributed by atoms with Crippen molar-refractivity contribution in [1.82, 2.24) is 10.6 Å². The molecule has 0 radical (unpaired) electrons. The highest BCUT2D eigenvalue weighted by Gasteiger charge is 2.30. The predicted octanol–water partition coefficient (Wildman–Crippen LogP) is -2.38. The number of hydrogen-bond donors (Lipinski definition) is 7. The summed E-state index contributed by atoms with van der Waals surface area (Å²) >= 11 is 4.38. The van der Waals surface area contributed by atoms with Gasteiger partial charge in [-0.1, -0.05) is 20.3 Å². The maximum atomic E-state index is 12.5. The van der Waals surface area contributed by atoms with Gasteiger partial charge in [0.15, 0.2) is 0 Å². The molecule has 0 bridgehead atoms. The molecule has 5 atom stereocenters. The molecule has 0 aliphatic heterocycles. The molecule has 2 unspecified atom stereocenters. The topological polar surface area (TPSA) is 204 Å². The number of hydrogen-bond acceptors (Lipinski definition) is 7. The van der Waals surface area contributed by atoms with E-state index in [4.69, 9.17) is 15.4 Å². The van der Waals surface area contributed by atoms with Crippen molar-refractivity contribution >= 4 is 40.5 Å². The maximum absolute atomic E-state index is 12.5. The fourth-order valence-corrected chi connectivity index (χ4v) is 3.23. The highest BCUT2D eigenvalue weighted by Crippen LogP contribution is 2.11. The van der Waals surface area contributed by atoms with Gasteiger partial charge in [-0.05, 0) is 5.92 Å². The maximum Gasteiger partial charge on any atom is 0.326 e. The van der Waals surface area contributed by atoms with Gasteiger partial charge in [0.1, 0.15) is 6.04 Å². The Kier molecular flexibility index (Phi) is 11.6. The molecule has 0 aromatic carbocycles. The summed E-state index contributed by atoms with van der Waals surface area (Å²) < 4.78 is 22.1. The number of carbonyl (C=O) groups excluding carboxylic acids is 1. The van der Waals surface area contributed by atoms with Crippen molar-refractivity contribution in [3.8, 4) is 0 Å². The third-order valence-corrected chi connectivity index (χ3v) is 5.76. The molecule has 0 aromatic rings. The molecule has 0 rings (SSSR count). The molecule has 0 aliphatic carbocycles. The van der Waals surface area contributed by atoms with Crippen LogP contribution < -0.4 is 21.5 Å². The smallest absolute Gasteiger partial charge is 0.326 e. The summed E-state index contributed by atoms with van der Waals surface area (Å²) in [5, 5.41) is 27.7. The minimum absolute atomic E-state index is 0.174. The molecule has 0 aliphatic rings. The van der Waals surface area contributed by atoms with Crippen molar-refractivity contribution in [2.45, 2.75) is 56.5 Å². The first kappa shape index (κ1) is 26.6. The zero-order chi connectivity index (χ0) is 22.1. The zero-order valence-corrected chi connectivity index (χ0v) is 17.7. The largest absolute Gasteiger partial charge is 0.481 e. The van der Waals surface area contributed by atoms with Crippen molar-refractivity contribution < 1.29 is 38.7 Å². The van der Waals surface area contributed by atoms with Crippen LogP contribution in [0.25, 0.3) is 0 Å². The monoisotopic (exact) mass is 443 g/mol. The zero-order valence-electron chi connectivity index (χ0n) is 16.0. The number of carboxylic acid groups (broad SMARTS) is 2. The van der Waals surface area contributed by atoms with Crippen LogP contribution in [0.15, 0.2) is 0 Å². The van der Waals surface area contributed by atoms with Crippen LogP contribution in [0.3, 0.4) is 0 Å². The van der Waals surface area contributed by atoms with Crippen LogP contribution in [0.4, 0.5) is 0 Å². The van der Waals surface area contributed by atoms with Crippen LogP contribution in [-0.4, -0.2) is 72.1 Å². The first-order valence-corrected chi connectivity index (χ1v) is 11.0. The number of primary sulfonamides is 1. The van der Waals surface area contributed by atoms with E-state index in [-0.39, 0.29) is 35.9 Å². The van der Waals surface area contributed by atoms with Gasteiger partial charge in [-0.25, -0.2) is 18.4 Å². The molecule has 0 heterocycles. The summed E-state index contributed by atoms with van der Waals surface area (Å²) in [6.45, 7) is 3.86. The lowest BCUT2D eigenvalue weighted by atomic mass is 9.97. The van der Waals surface area contributed by atoms with E-state index in [0.29, 0.717) is 6.42 Å². The van der Waals surface area contributed by atoms with Crippen molar-refractivity contribution in [2.75, 3.05) is 12.3 Å². The number of thiol groups is 1. The van der Waals surface area contributed by atoms with E-state index in [1.165, 1.54) is 0 Å². The molecule has 0 spiro atoms. The molecular formula is C15H31N4O7S2+. The highest BCUT2D eigenvalue weighted by atomic mass is 32.2. The van der Waals surface area contributed by atoms with E-state index in [9.17, 15) is 22.8 Å². The minimum atomic E-state index is -3.61. The third-order valence-electron chi connectivity index (χ3n) is 4.35. The Morgan fingerprint density at radius 2 is 1.82 bits per heavy atom. The molecule has 0 saturated heterocycles. The van der Waals surface area contributed by atoms with E-state index < -0.39 is 46.4 Å². The van der Waals surface area contributed by atoms with Gasteiger partial charge in [0.25, 0.3) is 0 Å². The fraction of sp³-hybridized carbons (Fsp3) is 0.800. The summed E-state index contributed by atoms with van der Waals surface area (Å²) in [7, 11) is -3.61. The van der Waals surface area contributed by atoms with E-state index >= 15 is 0 Å². The van der Waals surface area contributed by atoms with E-state index in [0.717, 1.165) is 0 Å². The SMILES string of the molecule is CC[C@@H](C)[C@H](NCC(S)C([NH3+])CCS(N)(=O)=O)C(=O)N[C@@H](CC(=O)O)C(=O)O. The Morgan fingerprint density at radius 1 is 1.25 bits per heavy atom. The third kappa shape index (κ3) is 10.8. The number of nitrogens with two attached hydrogens (primary N) is 1. The molecule has 9 N–H and O–H groups in total. The molecule has 1 amide bonds. The summed E-state index contributed by atoms with van der Waals surface area (Å²) in [5.41, 5.74) is 3.85. The molecule has 0 aromatic heterocycles. The molecule has 0 fully saturated rings. The van der Waals surface area contributed by atoms with Crippen molar-refractivity contribution in [1.29, 1.82) is 0 Å². The standard InChI is InChI=1S/C15H30N4O7S2/c1-3-8(2)13(14(22)19-10(15(23)24)6-12(20)21)18-7-11(27)9(16)4-5-28(17,25)26/h8-11,13,18,27H,3-7,16H2,1-2H3,(H,19,22)(H,20,21)(H,23,24)(H2,17,25,26)/p+1/t8-,9?,10+,11?,13+/m1/s1. The first-order valence-electron chi connectivity index (χ1n) is 8.78. The lowest BCUT2D eigenvalue weighted by Gasteiger charge is -2.27. The van der Waals surface area contributed by atoms with Gasteiger partial charge >= 0.3 is 11.9 Å². The number of nitrogens with one attached hydrogen (secondary N) is 2. The lowest BCUT2D eigenvalue weighted by Crippen LogP contribution is -2.67. The van der Waals surface area contributed by atoms with E-state index in [2.05, 4.69) is 29.0 Å². The Morgan fingerprint density at radius 3 is 2.25 bits per heavy atom. The van der Waals surface area contributed by atoms with Gasteiger partial charge in [0.05, 0.1) is 29.5 Å². The molecule has 0 saturated carbocycles. The second kappa shape index (κ2) is 12.2. The van der Waals surface area contributed by atoms with Crippen molar-refractivity contribution in [3.05, 3.63) is 0 Å². The second-order valence-corrected chi connectivity index (χ2v) is 9.15. The fourth-order valence-electron chi connectivity index (χ4n) is 2.35. The quantitative estimate of drug-likeness (QED) is 0.144. The number of carbonyl (C=O) groups is 3. The van der Waals surface area contributed by atoms with Gasteiger partial charge in [0.2, 0.25) is 15.9 Å². The number of quaternary nitrogens is 1. The average Bonchev–Trinajstić information content (AvgIpc) is 2.57. The van der Waals surface area contributed by atoms with Gasteiger partial charge in [-0.3, -0.25) is 9.59 Å². The normalized spacial score (nSPS) is 17.2. The van der Waals surface area contributed by atoms with Gasteiger partial charge in [-0.15, -0.1) is 0 Å². The predicted molar refractivity (Wildman–Crippen MR) is 105 cm³/mol. The summed E-state index contributed by atoms with van der Waals surface area (Å²) in [5.74, 6) is -3.82. The van der Waals surface area contributed by atoms with Crippen LogP contribution in [0.1, 0.15) is 33.1 Å². The molecule has 11 nitrogen and oxygen atoms in total. The molecule has 164 valence electrons. The van der Waals surface area contributed by atoms with Crippen LogP contribution >= 0.6 is 12.6 Å². The second-order valence-electron chi connectivity index (χ2n) is 6.75. The Labute approximate surface area is 170 Å². The van der Waals surface area contributed by atoms with Crippen LogP contribution in [0, 0.1) is 5.92 Å². The molecule has 28 heavy (non-hydrogen) atoms. The van der Waals surface area contributed by atoms with Gasteiger partial charge in [0, 0.05) is 13.0 Å². The number of aliphatic carboxylic acids is 2. The number of rotatable bonds is 14. The number of sulfonamides is 1. The average molecular weight is 444 g/mol. The van der Waals surface area contributed by atoms with Crippen molar-refractivity contribution in [3.63, 3.8) is 0 Å². The summed E-state index contributed by atoms with van der Waals surface area (Å²) in [6.07, 6.45) is 0.0742. The minimum Gasteiger partial charge on any atom is -0.481 e. The Hall–Kier alpha value is -1.41. The number of carboxylic acids is 2. The lowest BCUT2D eigenvalue weighted by molar-refractivity contribution is -0.418. The summed E-state index contributed by atoms with van der Waals surface area (Å²) in [6, 6.07) is -2.67. The van der Waals surface area contributed by atoms with Gasteiger partial charge in [-0.2, -0.15) is 12.6 Å². The summed E-state index contributed by atoms with van der Waals surface area (Å²) in [4.78, 5) is 34.5. The molecule has 13 heteroatoms. The Bertz CT molecular complexity index is 644.